The van der Waals surface area contributed by atoms with Crippen molar-refractivity contribution in [3.05, 3.63) is 65.6 Å². The van der Waals surface area contributed by atoms with Crippen LogP contribution in [-0.2, 0) is 0 Å². The summed E-state index contributed by atoms with van der Waals surface area (Å²) in [6.07, 6.45) is 7.54. The van der Waals surface area contributed by atoms with Crippen LogP contribution in [-0.4, -0.2) is 39.8 Å². The van der Waals surface area contributed by atoms with E-state index in [4.69, 9.17) is 16.3 Å². The number of nitrogens with zero attached hydrogens (tertiary/aromatic N) is 4. The molecule has 2 N–H and O–H groups in total. The van der Waals surface area contributed by atoms with Gasteiger partial charge in [0.25, 0.3) is 0 Å². The number of ether oxygens (including phenoxy) is 1. The number of pyridine rings is 1. The van der Waals surface area contributed by atoms with Crippen molar-refractivity contribution in [1.82, 2.24) is 24.9 Å². The lowest BCUT2D eigenvalue weighted by Gasteiger charge is -2.24. The van der Waals surface area contributed by atoms with Crippen molar-refractivity contribution in [3.63, 3.8) is 0 Å². The molecule has 4 heterocycles. The summed E-state index contributed by atoms with van der Waals surface area (Å²) in [5.41, 5.74) is 4.52. The van der Waals surface area contributed by atoms with Crippen LogP contribution >= 0.6 is 11.6 Å². The monoisotopic (exact) mass is 434 g/mol. The van der Waals surface area contributed by atoms with Gasteiger partial charge in [-0.1, -0.05) is 23.7 Å². The van der Waals surface area contributed by atoms with Crippen molar-refractivity contribution in [3.8, 4) is 17.0 Å². The molecule has 1 aliphatic heterocycles. The highest BCUT2D eigenvalue weighted by atomic mass is 35.5. The molecular formula is C23H23ClN6O. The first-order chi connectivity index (χ1) is 15.2. The molecule has 0 amide bonds. The van der Waals surface area contributed by atoms with E-state index >= 15 is 0 Å². The molecule has 0 aliphatic carbocycles. The number of piperidine rings is 1. The molecule has 0 saturated carbocycles. The summed E-state index contributed by atoms with van der Waals surface area (Å²) in [5.74, 6) is 1.77. The van der Waals surface area contributed by atoms with E-state index in [0.29, 0.717) is 22.6 Å². The Bertz CT molecular complexity index is 1220. The van der Waals surface area contributed by atoms with E-state index in [1.54, 1.807) is 24.0 Å². The van der Waals surface area contributed by atoms with Crippen LogP contribution in [0.2, 0.25) is 5.02 Å². The number of methoxy groups -OCH3 is 1. The van der Waals surface area contributed by atoms with E-state index in [1.807, 2.05) is 30.5 Å². The maximum Gasteiger partial charge on any atom is 0.227 e. The molecule has 0 atom stereocenters. The molecule has 1 saturated heterocycles. The molecule has 3 aromatic heterocycles. The quantitative estimate of drug-likeness (QED) is 0.475. The molecule has 0 radical (unpaired) electrons. The largest absolute Gasteiger partial charge is 0.495 e. The Kier molecular flexibility index (Phi) is 5.44. The lowest BCUT2D eigenvalue weighted by molar-refractivity contribution is 0.413. The van der Waals surface area contributed by atoms with E-state index in [-0.39, 0.29) is 0 Å². The van der Waals surface area contributed by atoms with Crippen molar-refractivity contribution in [2.45, 2.75) is 18.8 Å². The third-order valence-corrected chi connectivity index (χ3v) is 5.98. The highest BCUT2D eigenvalue weighted by Gasteiger charge is 2.18. The van der Waals surface area contributed by atoms with E-state index < -0.39 is 0 Å². The number of hydrogen-bond donors (Lipinski definition) is 2. The van der Waals surface area contributed by atoms with Crippen LogP contribution in [0.15, 0.2) is 55.0 Å². The van der Waals surface area contributed by atoms with Crippen LogP contribution in [0.4, 0.5) is 11.6 Å². The van der Waals surface area contributed by atoms with Crippen LogP contribution in [0, 0.1) is 0 Å². The fraction of sp³-hybridized carbons (Fsp3) is 0.261. The fourth-order valence-electron chi connectivity index (χ4n) is 4.07. The second-order valence-electron chi connectivity index (χ2n) is 7.59. The van der Waals surface area contributed by atoms with Crippen molar-refractivity contribution < 1.29 is 4.74 Å². The van der Waals surface area contributed by atoms with Gasteiger partial charge in [0.2, 0.25) is 5.95 Å². The van der Waals surface area contributed by atoms with Gasteiger partial charge < -0.3 is 15.4 Å². The maximum absolute atomic E-state index is 6.44. The Balaban J connectivity index is 1.46. The minimum Gasteiger partial charge on any atom is -0.495 e. The second-order valence-corrected chi connectivity index (χ2v) is 8.00. The first kappa shape index (κ1) is 19.8. The number of aromatic nitrogens is 4. The van der Waals surface area contributed by atoms with E-state index in [0.717, 1.165) is 48.4 Å². The number of fused-ring (bicyclic) bond motifs is 1. The number of anilines is 2. The van der Waals surface area contributed by atoms with Gasteiger partial charge in [-0.25, -0.2) is 14.5 Å². The zero-order valence-electron chi connectivity index (χ0n) is 17.2. The van der Waals surface area contributed by atoms with Gasteiger partial charge >= 0.3 is 0 Å². The fourth-order valence-corrected chi connectivity index (χ4v) is 4.27. The third kappa shape index (κ3) is 3.94. The first-order valence-electron chi connectivity index (χ1n) is 10.3. The predicted octanol–water partition coefficient (Wildman–Crippen LogP) is 4.66. The molecule has 8 heteroatoms. The molecule has 5 rings (SSSR count). The third-order valence-electron chi connectivity index (χ3n) is 5.71. The lowest BCUT2D eigenvalue weighted by atomic mass is 9.90. The maximum atomic E-state index is 6.44. The summed E-state index contributed by atoms with van der Waals surface area (Å²) in [6, 6.07) is 12.2. The van der Waals surface area contributed by atoms with Crippen LogP contribution < -0.4 is 15.4 Å². The van der Waals surface area contributed by atoms with Gasteiger partial charge in [-0.15, -0.1) is 0 Å². The Labute approximate surface area is 185 Å². The predicted molar refractivity (Wildman–Crippen MR) is 122 cm³/mol. The van der Waals surface area contributed by atoms with Crippen molar-refractivity contribution >= 4 is 28.8 Å². The average Bonchev–Trinajstić information content (AvgIpc) is 3.25. The molecule has 1 aliphatic rings. The second kappa shape index (κ2) is 8.53. The van der Waals surface area contributed by atoms with Gasteiger partial charge in [0.1, 0.15) is 5.75 Å². The number of rotatable bonds is 5. The topological polar surface area (TPSA) is 76.4 Å². The number of halogens is 1. The van der Waals surface area contributed by atoms with Crippen molar-refractivity contribution in [2.75, 3.05) is 25.5 Å². The first-order valence-corrected chi connectivity index (χ1v) is 10.7. The van der Waals surface area contributed by atoms with Gasteiger partial charge in [-0.2, -0.15) is 5.10 Å². The summed E-state index contributed by atoms with van der Waals surface area (Å²) in [4.78, 5) is 9.04. The van der Waals surface area contributed by atoms with Crippen molar-refractivity contribution in [2.24, 2.45) is 0 Å². The zero-order chi connectivity index (χ0) is 21.2. The Hall–Kier alpha value is -3.16. The highest BCUT2D eigenvalue weighted by Crippen LogP contribution is 2.35. The van der Waals surface area contributed by atoms with Crippen LogP contribution in [0.1, 0.15) is 24.3 Å². The molecule has 1 aromatic carbocycles. The van der Waals surface area contributed by atoms with Crippen LogP contribution in [0.3, 0.4) is 0 Å². The highest BCUT2D eigenvalue weighted by molar-refractivity contribution is 6.33. The number of benzene rings is 1. The van der Waals surface area contributed by atoms with E-state index in [1.165, 1.54) is 5.56 Å². The summed E-state index contributed by atoms with van der Waals surface area (Å²) >= 11 is 6.44. The molecule has 0 unspecified atom stereocenters. The Morgan fingerprint density at radius 1 is 1.16 bits per heavy atom. The summed E-state index contributed by atoms with van der Waals surface area (Å²) in [6.45, 7) is 2.11. The number of nitrogens with one attached hydrogen (secondary N) is 2. The molecule has 0 bridgehead atoms. The summed E-state index contributed by atoms with van der Waals surface area (Å²) in [5, 5.41) is 11.6. The Morgan fingerprint density at radius 2 is 2.03 bits per heavy atom. The van der Waals surface area contributed by atoms with Gasteiger partial charge in [-0.3, -0.25) is 0 Å². The van der Waals surface area contributed by atoms with Crippen LogP contribution in [0.5, 0.6) is 5.75 Å². The normalized spacial score (nSPS) is 14.6. The molecule has 158 valence electrons. The minimum absolute atomic E-state index is 0.447. The average molecular weight is 435 g/mol. The van der Waals surface area contributed by atoms with Crippen LogP contribution in [0.25, 0.3) is 16.8 Å². The lowest BCUT2D eigenvalue weighted by Crippen LogP contribution is -2.26. The molecule has 4 aromatic rings. The van der Waals surface area contributed by atoms with Gasteiger partial charge in [0.05, 0.1) is 41.4 Å². The smallest absolute Gasteiger partial charge is 0.227 e. The van der Waals surface area contributed by atoms with Crippen molar-refractivity contribution in [1.29, 1.82) is 0 Å². The van der Waals surface area contributed by atoms with Gasteiger partial charge in [0.15, 0.2) is 0 Å². The molecule has 0 spiro atoms. The minimum atomic E-state index is 0.447. The Morgan fingerprint density at radius 3 is 2.87 bits per heavy atom. The summed E-state index contributed by atoms with van der Waals surface area (Å²) in [7, 11) is 1.68. The van der Waals surface area contributed by atoms with Gasteiger partial charge in [0, 0.05) is 11.8 Å². The zero-order valence-corrected chi connectivity index (χ0v) is 17.9. The SMILES string of the molecule is COc1cc(C2CCNCC2)ccc1Nc1ncc(Cl)c(-c2cnn3ccccc23)n1. The molecule has 31 heavy (non-hydrogen) atoms. The molecule has 1 fully saturated rings. The number of hydrogen-bond acceptors (Lipinski definition) is 6. The molecule has 7 nitrogen and oxygen atoms in total. The standard InChI is InChI=1S/C23H23ClN6O/c1-31-21-12-16(15-7-9-25-10-8-15)5-6-19(21)28-23-26-14-18(24)22(29-23)17-13-27-30-11-3-2-4-20(17)30/h2-6,11-15,25H,7-10H2,1H3,(H,26,28,29). The van der Waals surface area contributed by atoms with E-state index in [9.17, 15) is 0 Å². The van der Waals surface area contributed by atoms with Gasteiger partial charge in [-0.05, 0) is 61.7 Å². The van der Waals surface area contributed by atoms with E-state index in [2.05, 4.69) is 37.8 Å². The summed E-state index contributed by atoms with van der Waals surface area (Å²) < 4.78 is 7.45. The molecular weight excluding hydrogens is 412 g/mol.